The number of aliphatic hydroxyl groups excluding tert-OH is 5. The van der Waals surface area contributed by atoms with E-state index in [0.29, 0.717) is 0 Å². The first-order valence-corrected chi connectivity index (χ1v) is 3.69. The normalized spacial score (nSPS) is 20.7. The van der Waals surface area contributed by atoms with Crippen molar-refractivity contribution in [2.45, 2.75) is 24.4 Å². The van der Waals surface area contributed by atoms with E-state index in [0.717, 1.165) is 0 Å². The lowest BCUT2D eigenvalue weighted by Gasteiger charge is -2.25. The quantitative estimate of drug-likeness (QED) is 0.279. The van der Waals surface area contributed by atoms with Crippen molar-refractivity contribution in [3.8, 4) is 0 Å². The van der Waals surface area contributed by atoms with Crippen LogP contribution in [0.4, 0.5) is 0 Å². The molecule has 0 heterocycles. The van der Waals surface area contributed by atoms with Crippen molar-refractivity contribution >= 4 is 8.05 Å². The van der Waals surface area contributed by atoms with Crippen molar-refractivity contribution in [3.05, 3.63) is 0 Å². The van der Waals surface area contributed by atoms with E-state index in [1.807, 2.05) is 0 Å². The van der Waals surface area contributed by atoms with Crippen LogP contribution in [0, 0.1) is 0 Å². The minimum Gasteiger partial charge on any atom is -0.445 e. The highest BCUT2D eigenvalue weighted by molar-refractivity contribution is 5.97. The summed E-state index contributed by atoms with van der Waals surface area (Å²) in [6, 6.07) is 0. The molecule has 13 heavy (non-hydrogen) atoms. The maximum absolute atomic E-state index is 9.11. The molecule has 0 rings (SSSR count). The number of hydrogen-bond acceptors (Lipinski definition) is 6. The van der Waals surface area contributed by atoms with Crippen molar-refractivity contribution in [3.63, 3.8) is 0 Å². The van der Waals surface area contributed by atoms with Gasteiger partial charge < -0.3 is 30.2 Å². The van der Waals surface area contributed by atoms with Crippen molar-refractivity contribution in [2.24, 2.45) is 0 Å². The summed E-state index contributed by atoms with van der Waals surface area (Å²) in [5.41, 5.74) is 0. The molecule has 0 spiro atoms. The fraction of sp³-hybridized carbons (Fsp3) is 1.00. The van der Waals surface area contributed by atoms with Gasteiger partial charge in [-0.15, -0.1) is 0 Å². The number of aliphatic hydroxyl groups is 5. The average molecular weight is 192 g/mol. The van der Waals surface area contributed by atoms with Gasteiger partial charge in [0.05, 0.1) is 13.2 Å². The lowest BCUT2D eigenvalue weighted by molar-refractivity contribution is -0.121. The molecule has 0 amide bonds. The fourth-order valence-electron chi connectivity index (χ4n) is 0.760. The summed E-state index contributed by atoms with van der Waals surface area (Å²) in [6.45, 7) is -1.09. The number of rotatable bonds is 6. The van der Waals surface area contributed by atoms with E-state index >= 15 is 0 Å². The molecule has 76 valence electrons. The molecular formula is C6H13BO6. The van der Waals surface area contributed by atoms with Gasteiger partial charge in [-0.3, -0.25) is 0 Å². The van der Waals surface area contributed by atoms with E-state index in [1.165, 1.54) is 0 Å². The molecule has 6 nitrogen and oxygen atoms in total. The van der Waals surface area contributed by atoms with Gasteiger partial charge >= 0.3 is 0 Å². The average Bonchev–Trinajstić information content (AvgIpc) is 2.14. The molecule has 0 aromatic rings. The third kappa shape index (κ3) is 4.03. The Hall–Kier alpha value is -0.175. The van der Waals surface area contributed by atoms with Gasteiger partial charge in [0, 0.05) is 0 Å². The molecule has 0 aromatic carbocycles. The van der Waals surface area contributed by atoms with E-state index in [9.17, 15) is 0 Å². The summed E-state index contributed by atoms with van der Waals surface area (Å²) < 4.78 is 4.02. The summed E-state index contributed by atoms with van der Waals surface area (Å²) in [4.78, 5) is 0. The van der Waals surface area contributed by atoms with E-state index < -0.39 is 31.0 Å². The highest BCUT2D eigenvalue weighted by Gasteiger charge is 2.29. The van der Waals surface area contributed by atoms with Crippen molar-refractivity contribution in [1.29, 1.82) is 0 Å². The van der Waals surface area contributed by atoms with Crippen molar-refractivity contribution in [1.82, 2.24) is 0 Å². The minimum atomic E-state index is -1.64. The van der Waals surface area contributed by atoms with Crippen LogP contribution in [0.3, 0.4) is 0 Å². The highest BCUT2D eigenvalue weighted by Crippen LogP contribution is 2.04. The Morgan fingerprint density at radius 2 is 1.46 bits per heavy atom. The first-order valence-electron chi connectivity index (χ1n) is 3.69. The van der Waals surface area contributed by atoms with E-state index in [-0.39, 0.29) is 6.61 Å². The van der Waals surface area contributed by atoms with Gasteiger partial charge in [0.2, 0.25) is 0 Å². The minimum absolute atomic E-state index is 0.379. The molecule has 7 heteroatoms. The van der Waals surface area contributed by atoms with Gasteiger partial charge in [-0.25, -0.2) is 0 Å². The maximum Gasteiger partial charge on any atom is 0.282 e. The Morgan fingerprint density at radius 1 is 1.00 bits per heavy atom. The third-order valence-electron chi connectivity index (χ3n) is 1.59. The van der Waals surface area contributed by atoms with Crippen LogP contribution in [0.1, 0.15) is 0 Å². The topological polar surface area (TPSA) is 110 Å². The summed E-state index contributed by atoms with van der Waals surface area (Å²) in [7, 11) is 4.61. The van der Waals surface area contributed by atoms with Crippen molar-refractivity contribution < 1.29 is 30.2 Å². The standard InChI is InChI=1S/C6H13BO6/c7-13-2-4(10)6(12)5(11)3(9)1-8/h3-6,8-12H,1-2H2/t3-,4+,5-,6-/m1/s1. The zero-order chi connectivity index (χ0) is 10.4. The molecule has 0 saturated carbocycles. The molecule has 4 atom stereocenters. The molecule has 0 aliphatic carbocycles. The van der Waals surface area contributed by atoms with Crippen LogP contribution in [0.2, 0.25) is 0 Å². The molecule has 0 aromatic heterocycles. The molecular weight excluding hydrogens is 179 g/mol. The smallest absolute Gasteiger partial charge is 0.282 e. The van der Waals surface area contributed by atoms with E-state index in [4.69, 9.17) is 25.5 Å². The van der Waals surface area contributed by atoms with E-state index in [2.05, 4.69) is 12.7 Å². The van der Waals surface area contributed by atoms with Crippen LogP contribution in [0.25, 0.3) is 0 Å². The summed E-state index contributed by atoms with van der Waals surface area (Å²) in [6.07, 6.45) is -6.19. The summed E-state index contributed by atoms with van der Waals surface area (Å²) in [5, 5.41) is 44.5. The molecule has 0 unspecified atom stereocenters. The molecule has 0 aliphatic heterocycles. The van der Waals surface area contributed by atoms with Crippen LogP contribution in [0.5, 0.6) is 0 Å². The zero-order valence-corrected chi connectivity index (χ0v) is 6.95. The van der Waals surface area contributed by atoms with Gasteiger partial charge in [0.25, 0.3) is 8.05 Å². The second-order valence-corrected chi connectivity index (χ2v) is 2.63. The SMILES string of the molecule is [B]OC[C@H](O)[C@@H](O)[C@H](O)[C@H](O)CO. The van der Waals surface area contributed by atoms with Crippen LogP contribution in [-0.4, -0.2) is 71.2 Å². The first kappa shape index (κ1) is 12.8. The van der Waals surface area contributed by atoms with Crippen LogP contribution >= 0.6 is 0 Å². The fourth-order valence-corrected chi connectivity index (χ4v) is 0.760. The van der Waals surface area contributed by atoms with Crippen LogP contribution in [0.15, 0.2) is 0 Å². The Balaban J connectivity index is 3.99. The predicted molar refractivity (Wildman–Crippen MR) is 42.8 cm³/mol. The van der Waals surface area contributed by atoms with Gasteiger partial charge in [-0.05, 0) is 0 Å². The van der Waals surface area contributed by atoms with Gasteiger partial charge in [0.15, 0.2) is 0 Å². The Labute approximate surface area is 76.8 Å². The first-order chi connectivity index (χ1) is 6.04. The Bertz CT molecular complexity index is 134. The molecule has 2 radical (unpaired) electrons. The van der Waals surface area contributed by atoms with Gasteiger partial charge in [-0.1, -0.05) is 0 Å². The molecule has 0 saturated heterocycles. The zero-order valence-electron chi connectivity index (χ0n) is 6.95. The Morgan fingerprint density at radius 3 is 1.85 bits per heavy atom. The van der Waals surface area contributed by atoms with Gasteiger partial charge in [-0.2, -0.15) is 0 Å². The molecule has 5 N–H and O–H groups in total. The monoisotopic (exact) mass is 192 g/mol. The summed E-state index contributed by atoms with van der Waals surface area (Å²) in [5.74, 6) is 0. The lowest BCUT2D eigenvalue weighted by Crippen LogP contribution is -2.47. The molecule has 0 aliphatic rings. The second-order valence-electron chi connectivity index (χ2n) is 2.63. The number of hydrogen-bond donors (Lipinski definition) is 5. The largest absolute Gasteiger partial charge is 0.445 e. The van der Waals surface area contributed by atoms with Gasteiger partial charge in [0.1, 0.15) is 24.4 Å². The van der Waals surface area contributed by atoms with Crippen molar-refractivity contribution in [2.75, 3.05) is 13.2 Å². The molecule has 0 fully saturated rings. The van der Waals surface area contributed by atoms with E-state index in [1.54, 1.807) is 0 Å². The van der Waals surface area contributed by atoms with Crippen LogP contribution < -0.4 is 0 Å². The maximum atomic E-state index is 9.11. The highest BCUT2D eigenvalue weighted by atomic mass is 16.4. The molecule has 0 bridgehead atoms. The lowest BCUT2D eigenvalue weighted by atomic mass is 10.0. The predicted octanol–water partition coefficient (Wildman–Crippen LogP) is -3.48. The van der Waals surface area contributed by atoms with Crippen LogP contribution in [-0.2, 0) is 4.65 Å². The third-order valence-corrected chi connectivity index (χ3v) is 1.59. The Kier molecular flexibility index (Phi) is 6.22. The second kappa shape index (κ2) is 6.30. The summed E-state index contributed by atoms with van der Waals surface area (Å²) >= 11 is 0.